The van der Waals surface area contributed by atoms with Gasteiger partial charge >= 0.3 is 12.4 Å². The van der Waals surface area contributed by atoms with Crippen molar-refractivity contribution in [3.63, 3.8) is 0 Å². The molecule has 4 aromatic carbocycles. The minimum atomic E-state index is -4.35. The molecule has 41 heavy (non-hydrogen) atoms. The van der Waals surface area contributed by atoms with Gasteiger partial charge < -0.3 is 14.2 Å². The first-order chi connectivity index (χ1) is 19.6. The summed E-state index contributed by atoms with van der Waals surface area (Å²) in [7, 11) is 0. The van der Waals surface area contributed by atoms with Gasteiger partial charge in [-0.1, -0.05) is 72.8 Å². The molecule has 0 saturated carbocycles. The van der Waals surface area contributed by atoms with Crippen LogP contribution in [0.5, 0.6) is 0 Å². The Bertz CT molecular complexity index is 1240. The molecule has 0 aromatic heterocycles. The van der Waals surface area contributed by atoms with Crippen LogP contribution in [0.15, 0.2) is 97.1 Å². The molecule has 3 nitrogen and oxygen atoms in total. The molecule has 0 spiro atoms. The summed E-state index contributed by atoms with van der Waals surface area (Å²) in [6.45, 7) is 1.02. The summed E-state index contributed by atoms with van der Waals surface area (Å²) in [4.78, 5) is 0. The molecule has 216 valence electrons. The molecule has 0 aliphatic heterocycles. The fourth-order valence-electron chi connectivity index (χ4n) is 4.08. The van der Waals surface area contributed by atoms with E-state index in [1.165, 1.54) is 24.3 Å². The Balaban J connectivity index is 1.07. The van der Waals surface area contributed by atoms with E-state index in [1.807, 2.05) is 48.5 Å². The second kappa shape index (κ2) is 13.8. The smallest absolute Gasteiger partial charge is 0.355 e. The van der Waals surface area contributed by atoms with Crippen molar-refractivity contribution < 1.29 is 40.6 Å². The minimum Gasteiger partial charge on any atom is -0.355 e. The van der Waals surface area contributed by atoms with Gasteiger partial charge in [-0.3, -0.25) is 0 Å². The molecule has 0 N–H and O–H groups in total. The molecule has 9 heteroatoms. The zero-order valence-electron chi connectivity index (χ0n) is 22.0. The van der Waals surface area contributed by atoms with Crippen molar-refractivity contribution >= 4 is 0 Å². The van der Waals surface area contributed by atoms with Crippen LogP contribution < -0.4 is 0 Å². The van der Waals surface area contributed by atoms with E-state index in [-0.39, 0.29) is 13.6 Å². The third-order valence-corrected chi connectivity index (χ3v) is 6.40. The predicted molar refractivity (Wildman–Crippen MR) is 144 cm³/mol. The molecule has 0 heterocycles. The molecule has 0 bridgehead atoms. The highest BCUT2D eigenvalue weighted by Gasteiger charge is 2.30. The zero-order chi connectivity index (χ0) is 29.3. The summed E-state index contributed by atoms with van der Waals surface area (Å²) in [5, 5.41) is 0. The van der Waals surface area contributed by atoms with Crippen LogP contribution in [0.4, 0.5) is 26.3 Å². The fourth-order valence-corrected chi connectivity index (χ4v) is 4.08. The van der Waals surface area contributed by atoms with Gasteiger partial charge in [0, 0.05) is 0 Å². The van der Waals surface area contributed by atoms with Gasteiger partial charge in [0.15, 0.2) is 0 Å². The maximum Gasteiger partial charge on any atom is 0.416 e. The summed E-state index contributed by atoms with van der Waals surface area (Å²) in [5.41, 5.74) is 3.80. The average Bonchev–Trinajstić information content (AvgIpc) is 2.96. The maximum atomic E-state index is 12.7. The standard InChI is InChI=1S/C32H28F6O3/c33-31(34,35)29-13-9-27(10-14-29)25-5-1-23(2-6-25)17-19-39-21-41-22-40-20-18-24-3-7-26(8-4-24)28-11-15-30(16-12-28)32(36,37)38/h1-16H,17-22H2. The SMILES string of the molecule is FC(F)(F)c1ccc(-c2ccc(CCOCOCOCCc3ccc(-c4ccc(C(F)(F)F)cc4)cc3)cc2)cc1. The normalized spacial score (nSPS) is 12.0. The lowest BCUT2D eigenvalue weighted by atomic mass is 10.0. The van der Waals surface area contributed by atoms with E-state index >= 15 is 0 Å². The quantitative estimate of drug-likeness (QED) is 0.0962. The van der Waals surface area contributed by atoms with Crippen molar-refractivity contribution in [3.8, 4) is 22.3 Å². The Kier molecular flexibility index (Phi) is 10.2. The number of hydrogen-bond acceptors (Lipinski definition) is 3. The molecule has 0 amide bonds. The van der Waals surface area contributed by atoms with Gasteiger partial charge in [-0.2, -0.15) is 26.3 Å². The molecule has 0 aliphatic carbocycles. The summed E-state index contributed by atoms with van der Waals surface area (Å²) in [6, 6.07) is 25.3. The Morgan fingerprint density at radius 2 is 0.683 bits per heavy atom. The Labute approximate surface area is 234 Å². The fraction of sp³-hybridized carbons (Fsp3) is 0.250. The van der Waals surface area contributed by atoms with E-state index in [0.29, 0.717) is 37.2 Å². The van der Waals surface area contributed by atoms with Crippen LogP contribution in [-0.2, 0) is 39.4 Å². The van der Waals surface area contributed by atoms with E-state index in [9.17, 15) is 26.3 Å². The van der Waals surface area contributed by atoms with Crippen LogP contribution in [0, 0.1) is 0 Å². The summed E-state index contributed by atoms with van der Waals surface area (Å²) in [6.07, 6.45) is -7.40. The molecular formula is C32H28F6O3. The van der Waals surface area contributed by atoms with Gasteiger partial charge in [0.2, 0.25) is 0 Å². The molecule has 0 unspecified atom stereocenters. The first-order valence-electron chi connectivity index (χ1n) is 12.9. The van der Waals surface area contributed by atoms with Crippen molar-refractivity contribution in [2.45, 2.75) is 25.2 Å². The van der Waals surface area contributed by atoms with Crippen LogP contribution in [0.25, 0.3) is 22.3 Å². The Morgan fingerprint density at radius 1 is 0.390 bits per heavy atom. The van der Waals surface area contributed by atoms with E-state index in [0.717, 1.165) is 46.5 Å². The van der Waals surface area contributed by atoms with Crippen LogP contribution in [0.2, 0.25) is 0 Å². The highest BCUT2D eigenvalue weighted by Crippen LogP contribution is 2.32. The van der Waals surface area contributed by atoms with Crippen LogP contribution in [0.3, 0.4) is 0 Å². The number of benzene rings is 4. The average molecular weight is 575 g/mol. The Morgan fingerprint density at radius 3 is 0.976 bits per heavy atom. The predicted octanol–water partition coefficient (Wildman–Crippen LogP) is 8.81. The van der Waals surface area contributed by atoms with Gasteiger partial charge in [-0.05, 0) is 70.5 Å². The van der Waals surface area contributed by atoms with Gasteiger partial charge in [-0.25, -0.2) is 0 Å². The van der Waals surface area contributed by atoms with Gasteiger partial charge in [0.1, 0.15) is 13.6 Å². The van der Waals surface area contributed by atoms with Gasteiger partial charge in [0.05, 0.1) is 24.3 Å². The molecule has 0 atom stereocenters. The lowest BCUT2D eigenvalue weighted by molar-refractivity contribution is -0.138. The Hall–Kier alpha value is -3.66. The second-order valence-electron chi connectivity index (χ2n) is 9.30. The van der Waals surface area contributed by atoms with E-state index in [4.69, 9.17) is 14.2 Å². The highest BCUT2D eigenvalue weighted by atomic mass is 19.4. The molecule has 0 radical (unpaired) electrons. The molecule has 0 fully saturated rings. The van der Waals surface area contributed by atoms with E-state index in [1.54, 1.807) is 0 Å². The molecule has 4 aromatic rings. The van der Waals surface area contributed by atoms with Crippen molar-refractivity contribution in [2.24, 2.45) is 0 Å². The van der Waals surface area contributed by atoms with Crippen LogP contribution in [0.1, 0.15) is 22.3 Å². The van der Waals surface area contributed by atoms with Crippen LogP contribution in [-0.4, -0.2) is 26.8 Å². The number of ether oxygens (including phenoxy) is 3. The number of hydrogen-bond donors (Lipinski definition) is 0. The van der Waals surface area contributed by atoms with Crippen LogP contribution >= 0.6 is 0 Å². The molecule has 0 saturated heterocycles. The van der Waals surface area contributed by atoms with E-state index in [2.05, 4.69) is 0 Å². The molecule has 4 rings (SSSR count). The first-order valence-corrected chi connectivity index (χ1v) is 12.9. The number of halogens is 6. The summed E-state index contributed by atoms with van der Waals surface area (Å²) < 4.78 is 92.6. The molecular weight excluding hydrogens is 546 g/mol. The first kappa shape index (κ1) is 30.3. The number of alkyl halides is 6. The monoisotopic (exact) mass is 574 g/mol. The minimum absolute atomic E-state index is 0.0749. The second-order valence-corrected chi connectivity index (χ2v) is 9.30. The van der Waals surface area contributed by atoms with Crippen molar-refractivity contribution in [2.75, 3.05) is 26.8 Å². The maximum absolute atomic E-state index is 12.7. The lowest BCUT2D eigenvalue weighted by Crippen LogP contribution is -2.08. The van der Waals surface area contributed by atoms with Crippen molar-refractivity contribution in [1.82, 2.24) is 0 Å². The zero-order valence-corrected chi connectivity index (χ0v) is 22.0. The third-order valence-electron chi connectivity index (χ3n) is 6.40. The number of rotatable bonds is 12. The third kappa shape index (κ3) is 9.18. The van der Waals surface area contributed by atoms with Gasteiger partial charge in [0.25, 0.3) is 0 Å². The van der Waals surface area contributed by atoms with Crippen molar-refractivity contribution in [3.05, 3.63) is 119 Å². The lowest BCUT2D eigenvalue weighted by Gasteiger charge is -2.09. The topological polar surface area (TPSA) is 27.7 Å². The summed E-state index contributed by atoms with van der Waals surface area (Å²) >= 11 is 0. The van der Waals surface area contributed by atoms with E-state index < -0.39 is 23.5 Å². The largest absolute Gasteiger partial charge is 0.416 e. The van der Waals surface area contributed by atoms with Gasteiger partial charge in [-0.15, -0.1) is 0 Å². The van der Waals surface area contributed by atoms with Crippen molar-refractivity contribution in [1.29, 1.82) is 0 Å². The highest BCUT2D eigenvalue weighted by molar-refractivity contribution is 5.65. The molecule has 0 aliphatic rings. The summed E-state index contributed by atoms with van der Waals surface area (Å²) in [5.74, 6) is 0.